The molecule has 1 aromatic rings. The topological polar surface area (TPSA) is 55.1 Å². The minimum atomic E-state index is -0.0929. The summed E-state index contributed by atoms with van der Waals surface area (Å²) in [5.41, 5.74) is 6.02. The van der Waals surface area contributed by atoms with Gasteiger partial charge in [0.25, 0.3) is 0 Å². The molecule has 1 rings (SSSR count). The third kappa shape index (κ3) is 4.08. The van der Waals surface area contributed by atoms with Gasteiger partial charge in [0.05, 0.1) is 6.42 Å². The van der Waals surface area contributed by atoms with E-state index in [1.54, 1.807) is 18.2 Å². The van der Waals surface area contributed by atoms with Gasteiger partial charge in [-0.2, -0.15) is 0 Å². The predicted octanol–water partition coefficient (Wildman–Crippen LogP) is 1.61. The molecule has 0 heterocycles. The molecule has 0 spiro atoms. The van der Waals surface area contributed by atoms with Gasteiger partial charge >= 0.3 is 0 Å². The quantitative estimate of drug-likeness (QED) is 0.849. The van der Waals surface area contributed by atoms with E-state index in [0.29, 0.717) is 23.1 Å². The summed E-state index contributed by atoms with van der Waals surface area (Å²) in [5.74, 6) is -0.0929. The van der Waals surface area contributed by atoms with Crippen LogP contribution in [0, 0.1) is 0 Å². The van der Waals surface area contributed by atoms with E-state index in [9.17, 15) is 4.79 Å². The number of carbonyl (C=O) groups excluding carboxylic acids is 1. The molecule has 0 atom stereocenters. The molecule has 0 fully saturated rings. The second-order valence-corrected chi connectivity index (χ2v) is 3.89. The summed E-state index contributed by atoms with van der Waals surface area (Å²) in [6.45, 7) is 0.907. The van der Waals surface area contributed by atoms with Crippen LogP contribution in [0.5, 0.6) is 0 Å². The summed E-state index contributed by atoms with van der Waals surface area (Å²) in [5, 5.41) is 3.73. The molecular weight excluding hydrogens is 235 g/mol. The molecule has 5 heteroatoms. The molecule has 3 N–H and O–H groups in total. The molecule has 0 saturated heterocycles. The van der Waals surface area contributed by atoms with E-state index in [-0.39, 0.29) is 12.3 Å². The van der Waals surface area contributed by atoms with Gasteiger partial charge in [0.1, 0.15) is 0 Å². The van der Waals surface area contributed by atoms with Gasteiger partial charge in [-0.3, -0.25) is 4.79 Å². The Morgan fingerprint density at radius 3 is 2.73 bits per heavy atom. The number of halogens is 2. The summed E-state index contributed by atoms with van der Waals surface area (Å²) < 4.78 is 0. The predicted molar refractivity (Wildman–Crippen MR) is 62.2 cm³/mol. The van der Waals surface area contributed by atoms with Crippen molar-refractivity contribution in [3.8, 4) is 0 Å². The van der Waals surface area contributed by atoms with Crippen LogP contribution in [0.3, 0.4) is 0 Å². The van der Waals surface area contributed by atoms with Crippen LogP contribution in [-0.4, -0.2) is 19.0 Å². The molecule has 15 heavy (non-hydrogen) atoms. The van der Waals surface area contributed by atoms with Gasteiger partial charge in [-0.1, -0.05) is 29.3 Å². The monoisotopic (exact) mass is 246 g/mol. The third-order valence-electron chi connectivity index (χ3n) is 1.83. The highest BCUT2D eigenvalue weighted by molar-refractivity contribution is 6.35. The van der Waals surface area contributed by atoms with Crippen LogP contribution in [0.15, 0.2) is 18.2 Å². The molecule has 0 aliphatic carbocycles. The van der Waals surface area contributed by atoms with Crippen molar-refractivity contribution in [2.24, 2.45) is 5.73 Å². The zero-order chi connectivity index (χ0) is 11.3. The van der Waals surface area contributed by atoms with E-state index in [2.05, 4.69) is 5.32 Å². The number of amides is 1. The van der Waals surface area contributed by atoms with Crippen molar-refractivity contribution < 1.29 is 4.79 Å². The Morgan fingerprint density at radius 2 is 2.13 bits per heavy atom. The van der Waals surface area contributed by atoms with Crippen LogP contribution in [0.4, 0.5) is 0 Å². The lowest BCUT2D eigenvalue weighted by Gasteiger charge is -2.05. The molecule has 0 unspecified atom stereocenters. The van der Waals surface area contributed by atoms with Gasteiger partial charge in [-0.15, -0.1) is 0 Å². The fraction of sp³-hybridized carbons (Fsp3) is 0.300. The van der Waals surface area contributed by atoms with Gasteiger partial charge < -0.3 is 11.1 Å². The fourth-order valence-corrected chi connectivity index (χ4v) is 1.59. The molecule has 0 saturated carbocycles. The number of nitrogens with one attached hydrogen (secondary N) is 1. The first-order valence-corrected chi connectivity index (χ1v) is 5.29. The molecular formula is C10H12Cl2N2O. The Hall–Kier alpha value is -0.770. The summed E-state index contributed by atoms with van der Waals surface area (Å²) in [6.07, 6.45) is 0.246. The summed E-state index contributed by atoms with van der Waals surface area (Å²) in [6, 6.07) is 5.07. The van der Waals surface area contributed by atoms with Gasteiger partial charge in [-0.05, 0) is 17.7 Å². The first-order chi connectivity index (χ1) is 7.13. The Bertz CT molecular complexity index is 355. The Balaban J connectivity index is 2.60. The van der Waals surface area contributed by atoms with E-state index in [1.165, 1.54) is 0 Å². The average molecular weight is 247 g/mol. The number of rotatable bonds is 4. The van der Waals surface area contributed by atoms with Crippen LogP contribution in [-0.2, 0) is 11.2 Å². The number of carbonyl (C=O) groups is 1. The molecule has 1 amide bonds. The standard InChI is InChI=1S/C10H12Cl2N2O/c11-8-2-1-7(9(12)6-8)5-10(15)14-4-3-13/h1-2,6H,3-5,13H2,(H,14,15). The second kappa shape index (κ2) is 5.95. The van der Waals surface area contributed by atoms with Crippen molar-refractivity contribution in [1.29, 1.82) is 0 Å². The maximum Gasteiger partial charge on any atom is 0.224 e. The Morgan fingerprint density at radius 1 is 1.40 bits per heavy atom. The van der Waals surface area contributed by atoms with Crippen LogP contribution in [0.2, 0.25) is 10.0 Å². The maximum absolute atomic E-state index is 11.4. The first-order valence-electron chi connectivity index (χ1n) is 4.54. The van der Waals surface area contributed by atoms with E-state index in [1.807, 2.05) is 0 Å². The minimum absolute atomic E-state index is 0.0929. The van der Waals surface area contributed by atoms with Gasteiger partial charge in [0.15, 0.2) is 0 Å². The highest BCUT2D eigenvalue weighted by Gasteiger charge is 2.06. The largest absolute Gasteiger partial charge is 0.355 e. The molecule has 0 aliphatic heterocycles. The van der Waals surface area contributed by atoms with E-state index in [0.717, 1.165) is 5.56 Å². The zero-order valence-electron chi connectivity index (χ0n) is 8.09. The van der Waals surface area contributed by atoms with Crippen molar-refractivity contribution >= 4 is 29.1 Å². The van der Waals surface area contributed by atoms with Crippen molar-refractivity contribution in [2.45, 2.75) is 6.42 Å². The summed E-state index contributed by atoms with van der Waals surface area (Å²) in [7, 11) is 0. The van der Waals surface area contributed by atoms with Gasteiger partial charge in [0.2, 0.25) is 5.91 Å². The van der Waals surface area contributed by atoms with Crippen LogP contribution in [0.25, 0.3) is 0 Å². The number of hydrogen-bond donors (Lipinski definition) is 2. The van der Waals surface area contributed by atoms with Crippen LogP contribution >= 0.6 is 23.2 Å². The van der Waals surface area contributed by atoms with Crippen LogP contribution < -0.4 is 11.1 Å². The Kier molecular flexibility index (Phi) is 4.88. The molecule has 0 bridgehead atoms. The van der Waals surface area contributed by atoms with Crippen molar-refractivity contribution in [3.63, 3.8) is 0 Å². The molecule has 0 radical (unpaired) electrons. The Labute approximate surface area is 98.5 Å². The maximum atomic E-state index is 11.4. The summed E-state index contributed by atoms with van der Waals surface area (Å²) in [4.78, 5) is 11.4. The second-order valence-electron chi connectivity index (χ2n) is 3.05. The van der Waals surface area contributed by atoms with Crippen molar-refractivity contribution in [1.82, 2.24) is 5.32 Å². The smallest absolute Gasteiger partial charge is 0.224 e. The minimum Gasteiger partial charge on any atom is -0.355 e. The fourth-order valence-electron chi connectivity index (χ4n) is 1.11. The SMILES string of the molecule is NCCNC(=O)Cc1ccc(Cl)cc1Cl. The number of benzene rings is 1. The van der Waals surface area contributed by atoms with Crippen molar-refractivity contribution in [2.75, 3.05) is 13.1 Å². The highest BCUT2D eigenvalue weighted by Crippen LogP contribution is 2.21. The van der Waals surface area contributed by atoms with E-state index < -0.39 is 0 Å². The molecule has 1 aromatic carbocycles. The van der Waals surface area contributed by atoms with E-state index in [4.69, 9.17) is 28.9 Å². The van der Waals surface area contributed by atoms with Gasteiger partial charge in [-0.25, -0.2) is 0 Å². The normalized spacial score (nSPS) is 10.1. The summed E-state index contributed by atoms with van der Waals surface area (Å²) >= 11 is 11.7. The molecule has 0 aliphatic rings. The van der Waals surface area contributed by atoms with Crippen LogP contribution in [0.1, 0.15) is 5.56 Å². The van der Waals surface area contributed by atoms with Gasteiger partial charge in [0, 0.05) is 23.1 Å². The van der Waals surface area contributed by atoms with E-state index >= 15 is 0 Å². The molecule has 0 aromatic heterocycles. The lowest BCUT2D eigenvalue weighted by atomic mass is 10.1. The van der Waals surface area contributed by atoms with Crippen molar-refractivity contribution in [3.05, 3.63) is 33.8 Å². The molecule has 82 valence electrons. The third-order valence-corrected chi connectivity index (χ3v) is 2.42. The number of hydrogen-bond acceptors (Lipinski definition) is 2. The average Bonchev–Trinajstić information content (AvgIpc) is 2.19. The lowest BCUT2D eigenvalue weighted by molar-refractivity contribution is -0.120. The number of nitrogens with two attached hydrogens (primary N) is 1. The lowest BCUT2D eigenvalue weighted by Crippen LogP contribution is -2.30. The first kappa shape index (κ1) is 12.3. The highest BCUT2D eigenvalue weighted by atomic mass is 35.5. The molecule has 3 nitrogen and oxygen atoms in total. The zero-order valence-corrected chi connectivity index (χ0v) is 9.61.